The van der Waals surface area contributed by atoms with Gasteiger partial charge < -0.3 is 10.3 Å². The standard InChI is InChI=1S/C15H11Cl2N7/c16-9-2-1-3-10(17)8(9)6-24-7-19-13(18)12-15(24)22-14(21-12)11-4-5-20-23-11/h1-5,7H,6,18H2,(H,20,23). The van der Waals surface area contributed by atoms with Crippen molar-refractivity contribution >= 4 is 29.0 Å². The van der Waals surface area contributed by atoms with E-state index in [0.29, 0.717) is 45.4 Å². The van der Waals surface area contributed by atoms with Crippen LogP contribution in [-0.2, 0) is 6.54 Å². The summed E-state index contributed by atoms with van der Waals surface area (Å²) in [5.41, 5.74) is 7.94. The number of benzene rings is 1. The van der Waals surface area contributed by atoms with E-state index >= 15 is 0 Å². The van der Waals surface area contributed by atoms with E-state index in [1.807, 2.05) is 4.57 Å². The van der Waals surface area contributed by atoms with Gasteiger partial charge in [0.2, 0.25) is 0 Å². The third kappa shape index (κ3) is 2.47. The van der Waals surface area contributed by atoms with Crippen LogP contribution in [-0.4, -0.2) is 29.7 Å². The van der Waals surface area contributed by atoms with Crippen LogP contribution in [0.4, 0.5) is 5.82 Å². The zero-order chi connectivity index (χ0) is 16.7. The fraction of sp³-hybridized carbons (Fsp3) is 0.0667. The number of nitrogens with one attached hydrogen (secondary N) is 1. The summed E-state index contributed by atoms with van der Waals surface area (Å²) >= 11 is 12.5. The van der Waals surface area contributed by atoms with Crippen molar-refractivity contribution in [3.8, 4) is 23.0 Å². The van der Waals surface area contributed by atoms with Crippen molar-refractivity contribution in [2.45, 2.75) is 6.54 Å². The Morgan fingerprint density at radius 2 is 1.92 bits per heavy atom. The van der Waals surface area contributed by atoms with E-state index in [4.69, 9.17) is 28.9 Å². The highest BCUT2D eigenvalue weighted by atomic mass is 35.5. The largest absolute Gasteiger partial charge is 0.382 e. The fourth-order valence-corrected chi connectivity index (χ4v) is 2.94. The summed E-state index contributed by atoms with van der Waals surface area (Å²) in [5, 5.41) is 7.90. The Balaban J connectivity index is 1.83. The molecule has 0 aliphatic carbocycles. The van der Waals surface area contributed by atoms with Gasteiger partial charge in [0.1, 0.15) is 5.69 Å². The van der Waals surface area contributed by atoms with Crippen LogP contribution in [0.5, 0.6) is 0 Å². The van der Waals surface area contributed by atoms with E-state index in [1.54, 1.807) is 36.8 Å². The molecule has 2 aliphatic heterocycles. The number of fused-ring (bicyclic) bond motifs is 1. The first-order chi connectivity index (χ1) is 11.6. The second-order valence-corrected chi connectivity index (χ2v) is 5.96. The number of H-pyrrole nitrogens is 1. The van der Waals surface area contributed by atoms with E-state index in [0.717, 1.165) is 5.56 Å². The molecule has 24 heavy (non-hydrogen) atoms. The molecule has 0 bridgehead atoms. The number of nitrogens with zero attached hydrogens (tertiary/aromatic N) is 5. The van der Waals surface area contributed by atoms with Gasteiger partial charge in [-0.05, 0) is 18.2 Å². The van der Waals surface area contributed by atoms with Gasteiger partial charge in [0.05, 0.1) is 12.9 Å². The van der Waals surface area contributed by atoms with Crippen molar-refractivity contribution < 1.29 is 0 Å². The Morgan fingerprint density at radius 3 is 2.62 bits per heavy atom. The molecule has 2 aromatic rings. The topological polar surface area (TPSA) is 98.3 Å². The van der Waals surface area contributed by atoms with Crippen LogP contribution < -0.4 is 5.73 Å². The van der Waals surface area contributed by atoms with Crippen LogP contribution in [0.15, 0.2) is 36.8 Å². The molecule has 1 aromatic heterocycles. The SMILES string of the molecule is Nc1ncn(Cc2c(Cl)cccc2Cl)c2nc(-c3ccn[nH]3)nc1-2. The molecular formula is C15H11Cl2N7. The van der Waals surface area contributed by atoms with E-state index < -0.39 is 0 Å². The van der Waals surface area contributed by atoms with E-state index in [1.165, 1.54) is 0 Å². The summed E-state index contributed by atoms with van der Waals surface area (Å²) in [6.45, 7) is 0.406. The van der Waals surface area contributed by atoms with Gasteiger partial charge in [0, 0.05) is 21.8 Å². The van der Waals surface area contributed by atoms with Gasteiger partial charge in [-0.1, -0.05) is 29.3 Å². The second-order valence-electron chi connectivity index (χ2n) is 5.15. The first-order valence-electron chi connectivity index (χ1n) is 7.04. The maximum atomic E-state index is 6.26. The number of imidazole rings is 1. The molecule has 0 radical (unpaired) electrons. The average Bonchev–Trinajstić information content (AvgIpc) is 3.22. The molecule has 0 amide bonds. The molecule has 3 N–H and O–H groups in total. The minimum absolute atomic E-state index is 0.310. The first-order valence-corrected chi connectivity index (χ1v) is 7.80. The molecule has 3 heterocycles. The van der Waals surface area contributed by atoms with Crippen molar-refractivity contribution in [1.29, 1.82) is 0 Å². The minimum atomic E-state index is 0.310. The number of rotatable bonds is 3. The van der Waals surface area contributed by atoms with Crippen molar-refractivity contribution in [3.63, 3.8) is 0 Å². The summed E-state index contributed by atoms with van der Waals surface area (Å²) in [7, 11) is 0. The number of anilines is 1. The number of nitrogen functional groups attached to an aromatic ring is 1. The number of hydrogen-bond donors (Lipinski definition) is 2. The van der Waals surface area contributed by atoms with Crippen molar-refractivity contribution in [1.82, 2.24) is 29.7 Å². The summed E-state index contributed by atoms with van der Waals surface area (Å²) in [6, 6.07) is 7.16. The number of hydrogen-bond acceptors (Lipinski definition) is 5. The second kappa shape index (κ2) is 5.77. The lowest BCUT2D eigenvalue weighted by Gasteiger charge is -2.13. The number of nitrogens with two attached hydrogens (primary N) is 1. The summed E-state index contributed by atoms with van der Waals surface area (Å²) < 4.78 is 1.81. The number of aromatic nitrogens is 6. The molecule has 0 fully saturated rings. The van der Waals surface area contributed by atoms with Crippen LogP contribution in [0.1, 0.15) is 5.56 Å². The van der Waals surface area contributed by atoms with Crippen LogP contribution in [0.25, 0.3) is 23.0 Å². The lowest BCUT2D eigenvalue weighted by Crippen LogP contribution is -2.09. The molecular weight excluding hydrogens is 349 g/mol. The monoisotopic (exact) mass is 359 g/mol. The smallest absolute Gasteiger partial charge is 0.180 e. The van der Waals surface area contributed by atoms with Crippen LogP contribution >= 0.6 is 23.2 Å². The molecule has 0 unspecified atom stereocenters. The van der Waals surface area contributed by atoms with Crippen molar-refractivity contribution in [2.75, 3.05) is 5.73 Å². The lowest BCUT2D eigenvalue weighted by molar-refractivity contribution is 0.763. The first kappa shape index (κ1) is 14.9. The minimum Gasteiger partial charge on any atom is -0.382 e. The molecule has 4 rings (SSSR count). The number of halogens is 2. The predicted octanol–water partition coefficient (Wildman–Crippen LogP) is 3.11. The lowest BCUT2D eigenvalue weighted by atomic mass is 10.2. The molecule has 120 valence electrons. The van der Waals surface area contributed by atoms with Gasteiger partial charge >= 0.3 is 0 Å². The average molecular weight is 360 g/mol. The van der Waals surface area contributed by atoms with Gasteiger partial charge in [0.15, 0.2) is 23.2 Å². The maximum absolute atomic E-state index is 6.26. The summed E-state index contributed by atoms with van der Waals surface area (Å²) in [4.78, 5) is 13.2. The summed E-state index contributed by atoms with van der Waals surface area (Å²) in [5.74, 6) is 1.41. The van der Waals surface area contributed by atoms with E-state index in [2.05, 4.69) is 25.1 Å². The van der Waals surface area contributed by atoms with E-state index in [9.17, 15) is 0 Å². The quantitative estimate of drug-likeness (QED) is 0.585. The van der Waals surface area contributed by atoms with Crippen LogP contribution in [0, 0.1) is 0 Å². The number of aromatic amines is 1. The fourth-order valence-electron chi connectivity index (χ4n) is 2.42. The third-order valence-electron chi connectivity index (χ3n) is 3.62. The molecule has 1 aromatic carbocycles. The van der Waals surface area contributed by atoms with Gasteiger partial charge in [-0.25, -0.2) is 15.0 Å². The normalized spacial score (nSPS) is 11.2. The molecule has 0 saturated carbocycles. The van der Waals surface area contributed by atoms with Crippen LogP contribution in [0.2, 0.25) is 10.0 Å². The zero-order valence-electron chi connectivity index (χ0n) is 12.2. The Hall–Kier alpha value is -2.64. The molecule has 0 spiro atoms. The van der Waals surface area contributed by atoms with E-state index in [-0.39, 0.29) is 0 Å². The van der Waals surface area contributed by atoms with Gasteiger partial charge in [-0.15, -0.1) is 0 Å². The zero-order valence-corrected chi connectivity index (χ0v) is 13.8. The van der Waals surface area contributed by atoms with Crippen molar-refractivity contribution in [2.24, 2.45) is 0 Å². The maximum Gasteiger partial charge on any atom is 0.180 e. The molecule has 0 atom stereocenters. The van der Waals surface area contributed by atoms with Gasteiger partial charge in [0.25, 0.3) is 0 Å². The van der Waals surface area contributed by atoms with Gasteiger partial charge in [-0.2, -0.15) is 5.10 Å². The molecule has 0 saturated heterocycles. The molecule has 7 nitrogen and oxygen atoms in total. The van der Waals surface area contributed by atoms with Gasteiger partial charge in [-0.3, -0.25) is 5.10 Å². The van der Waals surface area contributed by atoms with Crippen LogP contribution in [0.3, 0.4) is 0 Å². The Kier molecular flexibility index (Phi) is 3.59. The highest BCUT2D eigenvalue weighted by Gasteiger charge is 2.21. The predicted molar refractivity (Wildman–Crippen MR) is 92.0 cm³/mol. The third-order valence-corrected chi connectivity index (χ3v) is 4.33. The summed E-state index contributed by atoms with van der Waals surface area (Å²) in [6.07, 6.45) is 3.23. The Morgan fingerprint density at radius 1 is 1.12 bits per heavy atom. The Labute approximate surface area is 146 Å². The Bertz CT molecular complexity index is 957. The highest BCUT2D eigenvalue weighted by Crippen LogP contribution is 2.30. The van der Waals surface area contributed by atoms with Crippen molar-refractivity contribution in [3.05, 3.63) is 52.4 Å². The molecule has 9 heteroatoms. The molecule has 2 aliphatic rings. The highest BCUT2D eigenvalue weighted by molar-refractivity contribution is 6.35.